The Hall–Kier alpha value is -2.24. The van der Waals surface area contributed by atoms with Gasteiger partial charge in [-0.25, -0.2) is 9.97 Å². The first kappa shape index (κ1) is 12.2. The zero-order valence-electron chi connectivity index (χ0n) is 10.2. The summed E-state index contributed by atoms with van der Waals surface area (Å²) >= 11 is 0. The highest BCUT2D eigenvalue weighted by atomic mass is 16.1. The third-order valence-corrected chi connectivity index (χ3v) is 2.36. The normalized spacial score (nSPS) is 10.3. The van der Waals surface area contributed by atoms with Crippen molar-refractivity contribution in [1.29, 1.82) is 0 Å². The summed E-state index contributed by atoms with van der Waals surface area (Å²) in [6.07, 6.45) is 3.66. The standard InChI is InChI=1S/C12H15N5O/c1-2-13-11(18)5-6-15-10-4-3-9-12(17-10)16-8-7-14-9/h3-4,7-8H,2,5-6H2,1H3,(H,13,18)(H,15,16,17). The fourth-order valence-corrected chi connectivity index (χ4v) is 1.54. The number of rotatable bonds is 5. The van der Waals surface area contributed by atoms with Crippen LogP contribution in [-0.4, -0.2) is 33.9 Å². The van der Waals surface area contributed by atoms with E-state index in [1.165, 1.54) is 0 Å². The van der Waals surface area contributed by atoms with Crippen LogP contribution in [0.25, 0.3) is 11.2 Å². The number of amides is 1. The van der Waals surface area contributed by atoms with E-state index in [9.17, 15) is 4.79 Å². The Morgan fingerprint density at radius 1 is 1.28 bits per heavy atom. The molecule has 0 radical (unpaired) electrons. The highest BCUT2D eigenvalue weighted by Crippen LogP contribution is 2.09. The zero-order chi connectivity index (χ0) is 12.8. The van der Waals surface area contributed by atoms with Crippen molar-refractivity contribution in [2.24, 2.45) is 0 Å². The van der Waals surface area contributed by atoms with E-state index < -0.39 is 0 Å². The van der Waals surface area contributed by atoms with E-state index in [0.717, 1.165) is 5.52 Å². The van der Waals surface area contributed by atoms with Crippen molar-refractivity contribution in [3.8, 4) is 0 Å². The predicted octanol–water partition coefficient (Wildman–Crippen LogP) is 0.963. The topological polar surface area (TPSA) is 79.8 Å². The molecule has 0 unspecified atom stereocenters. The highest BCUT2D eigenvalue weighted by molar-refractivity contribution is 5.76. The van der Waals surface area contributed by atoms with Gasteiger partial charge >= 0.3 is 0 Å². The Bertz CT molecular complexity index is 543. The third kappa shape index (κ3) is 3.13. The van der Waals surface area contributed by atoms with Crippen LogP contribution in [0.5, 0.6) is 0 Å². The number of nitrogens with one attached hydrogen (secondary N) is 2. The quantitative estimate of drug-likeness (QED) is 0.820. The van der Waals surface area contributed by atoms with E-state index in [1.54, 1.807) is 12.4 Å². The van der Waals surface area contributed by atoms with Crippen LogP contribution in [0.1, 0.15) is 13.3 Å². The second kappa shape index (κ2) is 5.90. The molecule has 0 aliphatic carbocycles. The summed E-state index contributed by atoms with van der Waals surface area (Å²) in [6, 6.07) is 3.68. The van der Waals surface area contributed by atoms with Crippen molar-refractivity contribution < 1.29 is 4.79 Å². The van der Waals surface area contributed by atoms with Gasteiger partial charge in [0.05, 0.1) is 0 Å². The molecule has 2 aromatic heterocycles. The van der Waals surface area contributed by atoms with Gasteiger partial charge in [-0.3, -0.25) is 9.78 Å². The van der Waals surface area contributed by atoms with Crippen LogP contribution in [0.3, 0.4) is 0 Å². The van der Waals surface area contributed by atoms with Gasteiger partial charge < -0.3 is 10.6 Å². The van der Waals surface area contributed by atoms with Crippen molar-refractivity contribution in [2.75, 3.05) is 18.4 Å². The Balaban J connectivity index is 1.93. The summed E-state index contributed by atoms with van der Waals surface area (Å²) < 4.78 is 0. The molecule has 0 fully saturated rings. The van der Waals surface area contributed by atoms with Gasteiger partial charge in [0.15, 0.2) is 5.65 Å². The molecule has 2 N–H and O–H groups in total. The number of nitrogens with zero attached hydrogens (tertiary/aromatic N) is 3. The lowest BCUT2D eigenvalue weighted by molar-refractivity contribution is -0.120. The molecule has 0 aliphatic rings. The number of aromatic nitrogens is 3. The second-order valence-electron chi connectivity index (χ2n) is 3.73. The van der Waals surface area contributed by atoms with Crippen molar-refractivity contribution in [3.05, 3.63) is 24.5 Å². The first-order valence-corrected chi connectivity index (χ1v) is 5.88. The van der Waals surface area contributed by atoms with Crippen molar-refractivity contribution in [2.45, 2.75) is 13.3 Å². The fourth-order valence-electron chi connectivity index (χ4n) is 1.54. The van der Waals surface area contributed by atoms with Gasteiger partial charge in [-0.2, -0.15) is 0 Å². The Morgan fingerprint density at radius 3 is 2.94 bits per heavy atom. The number of carbonyl (C=O) groups is 1. The molecule has 0 spiro atoms. The molecular weight excluding hydrogens is 230 g/mol. The molecule has 0 aliphatic heterocycles. The lowest BCUT2D eigenvalue weighted by atomic mass is 10.3. The number of fused-ring (bicyclic) bond motifs is 1. The summed E-state index contributed by atoms with van der Waals surface area (Å²) in [5, 5.41) is 5.83. The van der Waals surface area contributed by atoms with Crippen LogP contribution in [0.2, 0.25) is 0 Å². The number of pyridine rings is 1. The molecule has 2 rings (SSSR count). The average Bonchev–Trinajstić information content (AvgIpc) is 2.39. The monoisotopic (exact) mass is 245 g/mol. The van der Waals surface area contributed by atoms with Gasteiger partial charge in [-0.15, -0.1) is 0 Å². The summed E-state index contributed by atoms with van der Waals surface area (Å²) in [5.74, 6) is 0.734. The lowest BCUT2D eigenvalue weighted by Gasteiger charge is -2.06. The van der Waals surface area contributed by atoms with Gasteiger partial charge in [0.25, 0.3) is 0 Å². The maximum Gasteiger partial charge on any atom is 0.221 e. The molecular formula is C12H15N5O. The highest BCUT2D eigenvalue weighted by Gasteiger charge is 2.01. The molecule has 2 aromatic rings. The smallest absolute Gasteiger partial charge is 0.221 e. The molecule has 6 nitrogen and oxygen atoms in total. The summed E-state index contributed by atoms with van der Waals surface area (Å²) in [4.78, 5) is 23.8. The minimum absolute atomic E-state index is 0.0329. The average molecular weight is 245 g/mol. The molecule has 18 heavy (non-hydrogen) atoms. The summed E-state index contributed by atoms with van der Waals surface area (Å²) in [5.41, 5.74) is 1.35. The summed E-state index contributed by atoms with van der Waals surface area (Å²) in [6.45, 7) is 3.10. The maximum absolute atomic E-state index is 11.3. The number of hydrogen-bond donors (Lipinski definition) is 2. The Morgan fingerprint density at radius 2 is 2.11 bits per heavy atom. The van der Waals surface area contributed by atoms with E-state index in [4.69, 9.17) is 0 Å². The van der Waals surface area contributed by atoms with E-state index in [0.29, 0.717) is 31.0 Å². The fraction of sp³-hybridized carbons (Fsp3) is 0.333. The number of carbonyl (C=O) groups excluding carboxylic acids is 1. The molecule has 0 bridgehead atoms. The van der Waals surface area contributed by atoms with Crippen LogP contribution in [0.4, 0.5) is 5.82 Å². The second-order valence-corrected chi connectivity index (χ2v) is 3.73. The molecule has 0 atom stereocenters. The van der Waals surface area contributed by atoms with E-state index in [2.05, 4.69) is 25.6 Å². The molecule has 0 aromatic carbocycles. The largest absolute Gasteiger partial charge is 0.369 e. The van der Waals surface area contributed by atoms with Crippen LogP contribution < -0.4 is 10.6 Å². The molecule has 94 valence electrons. The predicted molar refractivity (Wildman–Crippen MR) is 69.1 cm³/mol. The van der Waals surface area contributed by atoms with Crippen LogP contribution in [-0.2, 0) is 4.79 Å². The first-order valence-electron chi connectivity index (χ1n) is 5.88. The molecule has 0 saturated heterocycles. The van der Waals surface area contributed by atoms with E-state index >= 15 is 0 Å². The maximum atomic E-state index is 11.3. The number of anilines is 1. The lowest BCUT2D eigenvalue weighted by Crippen LogP contribution is -2.24. The minimum Gasteiger partial charge on any atom is -0.369 e. The summed E-state index contributed by atoms with van der Waals surface area (Å²) in [7, 11) is 0. The van der Waals surface area contributed by atoms with E-state index in [1.807, 2.05) is 19.1 Å². The Kier molecular flexibility index (Phi) is 4.01. The minimum atomic E-state index is 0.0329. The van der Waals surface area contributed by atoms with Crippen molar-refractivity contribution in [3.63, 3.8) is 0 Å². The van der Waals surface area contributed by atoms with Gasteiger partial charge in [0.1, 0.15) is 11.3 Å². The molecule has 6 heteroatoms. The van der Waals surface area contributed by atoms with Crippen molar-refractivity contribution >= 4 is 22.9 Å². The molecule has 2 heterocycles. The number of hydrogen-bond acceptors (Lipinski definition) is 5. The van der Waals surface area contributed by atoms with Crippen molar-refractivity contribution in [1.82, 2.24) is 20.3 Å². The van der Waals surface area contributed by atoms with Gasteiger partial charge in [0, 0.05) is 31.9 Å². The molecule has 1 amide bonds. The van der Waals surface area contributed by atoms with Crippen LogP contribution in [0, 0.1) is 0 Å². The van der Waals surface area contributed by atoms with Gasteiger partial charge in [0.2, 0.25) is 5.91 Å². The third-order valence-electron chi connectivity index (χ3n) is 2.36. The Labute approximate surface area is 105 Å². The SMILES string of the molecule is CCNC(=O)CCNc1ccc2nccnc2n1. The van der Waals surface area contributed by atoms with Gasteiger partial charge in [-0.05, 0) is 19.1 Å². The van der Waals surface area contributed by atoms with Gasteiger partial charge in [-0.1, -0.05) is 0 Å². The zero-order valence-corrected chi connectivity index (χ0v) is 10.2. The van der Waals surface area contributed by atoms with E-state index in [-0.39, 0.29) is 5.91 Å². The first-order chi connectivity index (χ1) is 8.79. The van der Waals surface area contributed by atoms with Crippen LogP contribution >= 0.6 is 0 Å². The molecule has 0 saturated carbocycles. The van der Waals surface area contributed by atoms with Crippen LogP contribution in [0.15, 0.2) is 24.5 Å².